The third-order valence-electron chi connectivity index (χ3n) is 7.12. The van der Waals surface area contributed by atoms with E-state index in [2.05, 4.69) is 91.8 Å². The number of carbonyl (C=O) groups is 1. The number of benzene rings is 3. The Morgan fingerprint density at radius 2 is 1.62 bits per heavy atom. The SMILES string of the molecule is CC(=O)/C=C(/C)O.CCC(CC)c1cc(-c2nccc3c2oc2[c]([Ge]([CH3])([CH3])[CH3])cccc23)[c-]c2ccccc12.[Ir]. The zero-order chi connectivity index (χ0) is 28.3. The molecule has 0 aliphatic carbocycles. The fourth-order valence-corrected chi connectivity index (χ4v) is 8.32. The molecule has 5 aromatic rings. The average molecular weight is 774 g/mol. The molecular formula is C34H38GeIrNO3-. The summed E-state index contributed by atoms with van der Waals surface area (Å²) in [5.74, 6) is 7.71. The standard InChI is InChI=1S/C29H30GeNO.C5H8O2.Ir/c1-6-19(7-2)25-18-21(17-20-11-8-9-12-22(20)25)27-29-24(15-16-31-27)23-13-10-14-26(28(23)32-29)30(3,4)5;1-4(6)3-5(2)7;/h8-16,18-19H,6-7H2,1-5H3;3,6H,1-2H3;/q-1;;/b;4-3-;. The van der Waals surface area contributed by atoms with Crippen LogP contribution >= 0.6 is 0 Å². The van der Waals surface area contributed by atoms with Crippen LogP contribution in [-0.4, -0.2) is 29.1 Å². The summed E-state index contributed by atoms with van der Waals surface area (Å²) in [4.78, 5) is 14.8. The Morgan fingerprint density at radius 1 is 0.975 bits per heavy atom. The average Bonchev–Trinajstić information content (AvgIpc) is 3.27. The molecule has 1 N–H and O–H groups in total. The van der Waals surface area contributed by atoms with Gasteiger partial charge in [-0.2, -0.15) is 0 Å². The molecule has 0 aliphatic rings. The van der Waals surface area contributed by atoms with Crippen LogP contribution in [0.3, 0.4) is 0 Å². The molecule has 0 atom stereocenters. The van der Waals surface area contributed by atoms with E-state index < -0.39 is 13.3 Å². The van der Waals surface area contributed by atoms with Crippen LogP contribution in [0.15, 0.2) is 77.0 Å². The van der Waals surface area contributed by atoms with Crippen molar-refractivity contribution in [1.29, 1.82) is 0 Å². The number of hydrogen-bond donors (Lipinski definition) is 1. The molecule has 3 aromatic carbocycles. The van der Waals surface area contributed by atoms with Gasteiger partial charge < -0.3 is 5.11 Å². The van der Waals surface area contributed by atoms with E-state index in [9.17, 15) is 4.79 Å². The van der Waals surface area contributed by atoms with Crippen LogP contribution in [0.25, 0.3) is 44.0 Å². The summed E-state index contributed by atoms with van der Waals surface area (Å²) in [6.07, 6.45) is 5.32. The summed E-state index contributed by atoms with van der Waals surface area (Å²) < 4.78 is 8.03. The van der Waals surface area contributed by atoms with Crippen LogP contribution in [0.1, 0.15) is 52.0 Å². The maximum absolute atomic E-state index is 10.0. The van der Waals surface area contributed by atoms with Gasteiger partial charge in [0.05, 0.1) is 5.76 Å². The van der Waals surface area contributed by atoms with Crippen LogP contribution in [0.4, 0.5) is 0 Å². The minimum absolute atomic E-state index is 0. The normalized spacial score (nSPS) is 11.9. The Morgan fingerprint density at radius 3 is 2.23 bits per heavy atom. The van der Waals surface area contributed by atoms with Crippen molar-refractivity contribution in [3.63, 3.8) is 0 Å². The quantitative estimate of drug-likeness (QED) is 0.0810. The zero-order valence-corrected chi connectivity index (χ0v) is 28.9. The molecule has 0 unspecified atom stereocenters. The Hall–Kier alpha value is -2.73. The van der Waals surface area contributed by atoms with Gasteiger partial charge in [0.2, 0.25) is 0 Å². The van der Waals surface area contributed by atoms with E-state index in [1.54, 1.807) is 0 Å². The minimum atomic E-state index is -2.09. The monoisotopic (exact) mass is 775 g/mol. The molecule has 0 saturated carbocycles. The maximum atomic E-state index is 10.0. The summed E-state index contributed by atoms with van der Waals surface area (Å²) >= 11 is -2.09. The largest absolute Gasteiger partial charge is 0 e. The fraction of sp³-hybridized carbons (Fsp3) is 0.294. The number of aliphatic hydroxyl groups is 1. The van der Waals surface area contributed by atoms with Gasteiger partial charge in [-0.25, -0.2) is 0 Å². The van der Waals surface area contributed by atoms with Gasteiger partial charge in [-0.15, -0.1) is 0 Å². The molecule has 211 valence electrons. The van der Waals surface area contributed by atoms with Gasteiger partial charge in [0.1, 0.15) is 0 Å². The number of aliphatic hydroxyl groups excluding tert-OH is 1. The molecule has 0 fully saturated rings. The van der Waals surface area contributed by atoms with Crippen molar-refractivity contribution in [2.24, 2.45) is 0 Å². The Bertz CT molecular complexity index is 1670. The summed E-state index contributed by atoms with van der Waals surface area (Å²) in [5, 5.41) is 13.1. The summed E-state index contributed by atoms with van der Waals surface area (Å²) in [6, 6.07) is 23.3. The van der Waals surface area contributed by atoms with Crippen molar-refractivity contribution in [2.75, 3.05) is 0 Å². The second kappa shape index (κ2) is 13.3. The summed E-state index contributed by atoms with van der Waals surface area (Å²) in [5.41, 5.74) is 5.23. The molecule has 2 heterocycles. The molecular weight excluding hydrogens is 735 g/mol. The van der Waals surface area contributed by atoms with Crippen molar-refractivity contribution in [1.82, 2.24) is 4.98 Å². The van der Waals surface area contributed by atoms with E-state index >= 15 is 0 Å². The van der Waals surface area contributed by atoms with Crippen molar-refractivity contribution in [2.45, 2.75) is 63.7 Å². The first-order valence-electron chi connectivity index (χ1n) is 13.7. The number of fused-ring (bicyclic) bond motifs is 4. The van der Waals surface area contributed by atoms with Gasteiger partial charge in [-0.05, 0) is 13.8 Å². The van der Waals surface area contributed by atoms with Gasteiger partial charge in [-0.1, -0.05) is 0 Å². The summed E-state index contributed by atoms with van der Waals surface area (Å²) in [6.45, 7) is 7.40. The number of hydrogen-bond acceptors (Lipinski definition) is 4. The number of furan rings is 1. The predicted octanol–water partition coefficient (Wildman–Crippen LogP) is 9.08. The topological polar surface area (TPSA) is 63.3 Å². The van der Waals surface area contributed by atoms with Crippen molar-refractivity contribution < 1.29 is 34.4 Å². The Kier molecular flexibility index (Phi) is 10.6. The molecule has 6 heteroatoms. The number of ketones is 1. The predicted molar refractivity (Wildman–Crippen MR) is 167 cm³/mol. The van der Waals surface area contributed by atoms with E-state index in [1.165, 1.54) is 40.7 Å². The molecule has 40 heavy (non-hydrogen) atoms. The van der Waals surface area contributed by atoms with Crippen LogP contribution in [0.5, 0.6) is 0 Å². The molecule has 4 nitrogen and oxygen atoms in total. The van der Waals surface area contributed by atoms with Crippen LogP contribution in [-0.2, 0) is 24.9 Å². The first kappa shape index (κ1) is 31.8. The van der Waals surface area contributed by atoms with E-state index in [0.29, 0.717) is 5.92 Å². The number of para-hydroxylation sites is 1. The van der Waals surface area contributed by atoms with E-state index in [0.717, 1.165) is 46.0 Å². The number of allylic oxidation sites excluding steroid dienone is 2. The second-order valence-electron chi connectivity index (χ2n) is 11.2. The summed E-state index contributed by atoms with van der Waals surface area (Å²) in [7, 11) is 0. The number of rotatable bonds is 6. The van der Waals surface area contributed by atoms with Crippen molar-refractivity contribution in [3.05, 3.63) is 84.3 Å². The third-order valence-corrected chi connectivity index (χ3v) is 11.3. The van der Waals surface area contributed by atoms with E-state index in [4.69, 9.17) is 14.5 Å². The van der Waals surface area contributed by atoms with Gasteiger partial charge in [0, 0.05) is 26.2 Å². The fourth-order valence-electron chi connectivity index (χ4n) is 5.25. The van der Waals surface area contributed by atoms with Crippen molar-refractivity contribution >= 4 is 56.2 Å². The molecule has 0 aliphatic heterocycles. The van der Waals surface area contributed by atoms with Gasteiger partial charge in [-0.3, -0.25) is 4.79 Å². The van der Waals surface area contributed by atoms with E-state index in [1.807, 2.05) is 6.20 Å². The van der Waals surface area contributed by atoms with Crippen LogP contribution in [0.2, 0.25) is 17.3 Å². The minimum Gasteiger partial charge on any atom is 0 e. The molecule has 2 aromatic heterocycles. The Balaban J connectivity index is 0.000000492. The van der Waals surface area contributed by atoms with Crippen LogP contribution in [0, 0.1) is 6.07 Å². The van der Waals surface area contributed by atoms with Gasteiger partial charge in [0.25, 0.3) is 0 Å². The number of aromatic nitrogens is 1. The van der Waals surface area contributed by atoms with Crippen LogP contribution < -0.4 is 4.40 Å². The number of pyridine rings is 1. The maximum Gasteiger partial charge on any atom is 0 e. The second-order valence-corrected chi connectivity index (χ2v) is 21.7. The van der Waals surface area contributed by atoms with Gasteiger partial charge >= 0.3 is 193 Å². The molecule has 0 saturated heterocycles. The molecule has 5 rings (SSSR count). The first-order chi connectivity index (χ1) is 18.5. The molecule has 1 radical (unpaired) electrons. The van der Waals surface area contributed by atoms with E-state index in [-0.39, 0.29) is 31.6 Å². The Labute approximate surface area is 253 Å². The molecule has 0 amide bonds. The zero-order valence-electron chi connectivity index (χ0n) is 24.4. The number of nitrogens with zero attached hydrogens (tertiary/aromatic N) is 1. The smallest absolute Gasteiger partial charge is 0 e. The van der Waals surface area contributed by atoms with Crippen molar-refractivity contribution in [3.8, 4) is 11.3 Å². The molecule has 0 spiro atoms. The third kappa shape index (κ3) is 6.76. The first-order valence-corrected chi connectivity index (χ1v) is 21.0. The van der Waals surface area contributed by atoms with Gasteiger partial charge in [0.15, 0.2) is 5.78 Å². The molecule has 0 bridgehead atoms. The number of carbonyl (C=O) groups excluding carboxylic acids is 1.